The van der Waals surface area contributed by atoms with Crippen LogP contribution < -0.4 is 0 Å². The summed E-state index contributed by atoms with van der Waals surface area (Å²) in [6, 6.07) is 7.32. The Morgan fingerprint density at radius 3 is 2.28 bits per heavy atom. The second-order valence-electron chi connectivity index (χ2n) is 4.80. The van der Waals surface area contributed by atoms with Crippen molar-refractivity contribution in [1.82, 2.24) is 9.57 Å². The summed E-state index contributed by atoms with van der Waals surface area (Å²) in [4.78, 5) is 25.7. The van der Waals surface area contributed by atoms with Gasteiger partial charge in [0.1, 0.15) is 0 Å². The van der Waals surface area contributed by atoms with E-state index in [1.54, 1.807) is 24.3 Å². The predicted octanol–water partition coefficient (Wildman–Crippen LogP) is 1.54. The molecule has 0 bridgehead atoms. The summed E-state index contributed by atoms with van der Waals surface area (Å²) < 4.78 is 2.14. The molecule has 0 saturated carbocycles. The molecule has 2 aliphatic heterocycles. The highest BCUT2D eigenvalue weighted by atomic mass is 31.0. The third kappa shape index (κ3) is 1.76. The number of benzene rings is 1. The highest BCUT2D eigenvalue weighted by Crippen LogP contribution is 2.27. The van der Waals surface area contributed by atoms with Gasteiger partial charge in [0.25, 0.3) is 11.8 Å². The lowest BCUT2D eigenvalue weighted by Crippen LogP contribution is -2.39. The Morgan fingerprint density at radius 2 is 1.78 bits per heavy atom. The van der Waals surface area contributed by atoms with Gasteiger partial charge >= 0.3 is 0 Å². The molecule has 0 aliphatic carbocycles. The third-order valence-electron chi connectivity index (χ3n) is 3.69. The van der Waals surface area contributed by atoms with Gasteiger partial charge in [-0.05, 0) is 25.0 Å². The van der Waals surface area contributed by atoms with Crippen molar-refractivity contribution in [1.29, 1.82) is 0 Å². The molecule has 0 spiro atoms. The van der Waals surface area contributed by atoms with Crippen molar-refractivity contribution >= 4 is 21.2 Å². The molecule has 0 radical (unpaired) electrons. The molecule has 2 amide bonds. The van der Waals surface area contributed by atoms with Gasteiger partial charge in [0, 0.05) is 19.1 Å². The molecular formula is C13H15N2O2P. The highest BCUT2D eigenvalue weighted by molar-refractivity contribution is 7.13. The van der Waals surface area contributed by atoms with Gasteiger partial charge in [-0.2, -0.15) is 0 Å². The topological polar surface area (TPSA) is 40.6 Å². The molecule has 18 heavy (non-hydrogen) atoms. The predicted molar refractivity (Wildman–Crippen MR) is 71.2 cm³/mol. The summed E-state index contributed by atoms with van der Waals surface area (Å²) in [5, 5.41) is 0. The van der Waals surface area contributed by atoms with Crippen molar-refractivity contribution in [3.63, 3.8) is 0 Å². The van der Waals surface area contributed by atoms with Gasteiger partial charge in [-0.1, -0.05) is 21.5 Å². The molecule has 0 aromatic heterocycles. The second kappa shape index (κ2) is 4.45. The molecule has 1 unspecified atom stereocenters. The van der Waals surface area contributed by atoms with Crippen molar-refractivity contribution in [3.05, 3.63) is 35.4 Å². The molecule has 1 fully saturated rings. The van der Waals surface area contributed by atoms with E-state index >= 15 is 0 Å². The van der Waals surface area contributed by atoms with Crippen LogP contribution in [0.25, 0.3) is 0 Å². The summed E-state index contributed by atoms with van der Waals surface area (Å²) in [5.41, 5.74) is 1.08. The van der Waals surface area contributed by atoms with Crippen molar-refractivity contribution in [3.8, 4) is 0 Å². The van der Waals surface area contributed by atoms with E-state index in [-0.39, 0.29) is 17.9 Å². The maximum Gasteiger partial charge on any atom is 0.261 e. The van der Waals surface area contributed by atoms with Gasteiger partial charge in [-0.3, -0.25) is 19.2 Å². The number of hydrogen-bond acceptors (Lipinski definition) is 3. The van der Waals surface area contributed by atoms with Gasteiger partial charge in [0.05, 0.1) is 11.1 Å². The molecule has 3 rings (SSSR count). The maximum absolute atomic E-state index is 12.2. The molecule has 1 saturated heterocycles. The lowest BCUT2D eigenvalue weighted by molar-refractivity contribution is 0.0631. The van der Waals surface area contributed by atoms with Crippen LogP contribution in [0.1, 0.15) is 33.6 Å². The molecule has 2 aliphatic rings. The number of nitrogens with zero attached hydrogens (tertiary/aromatic N) is 2. The molecular weight excluding hydrogens is 247 g/mol. The summed E-state index contributed by atoms with van der Waals surface area (Å²) in [7, 11) is 2.68. The lowest BCUT2D eigenvalue weighted by Gasteiger charge is -2.23. The van der Waals surface area contributed by atoms with Crippen LogP contribution in [-0.2, 0) is 0 Å². The molecule has 5 heteroatoms. The van der Waals surface area contributed by atoms with Crippen LogP contribution in [-0.4, -0.2) is 40.5 Å². The Bertz CT molecular complexity index is 482. The van der Waals surface area contributed by atoms with E-state index in [2.05, 4.69) is 14.1 Å². The Kier molecular flexibility index (Phi) is 2.92. The largest absolute Gasteiger partial charge is 0.283 e. The summed E-state index contributed by atoms with van der Waals surface area (Å²) in [6.45, 7) is 1.51. The number of amides is 2. The molecule has 1 aromatic carbocycles. The monoisotopic (exact) mass is 262 g/mol. The fourth-order valence-corrected chi connectivity index (χ4v) is 3.10. The van der Waals surface area contributed by atoms with Gasteiger partial charge in [0.2, 0.25) is 0 Å². The quantitative estimate of drug-likeness (QED) is 0.599. The van der Waals surface area contributed by atoms with Crippen molar-refractivity contribution < 1.29 is 9.59 Å². The van der Waals surface area contributed by atoms with Crippen molar-refractivity contribution in [2.75, 3.05) is 13.1 Å². The van der Waals surface area contributed by atoms with Crippen molar-refractivity contribution in [2.45, 2.75) is 18.9 Å². The normalized spacial score (nSPS) is 23.8. The molecule has 4 nitrogen and oxygen atoms in total. The van der Waals surface area contributed by atoms with E-state index < -0.39 is 0 Å². The van der Waals surface area contributed by atoms with E-state index in [0.29, 0.717) is 17.7 Å². The fraction of sp³-hybridized carbons (Fsp3) is 0.385. The van der Waals surface area contributed by atoms with E-state index in [1.807, 2.05) is 0 Å². The molecule has 2 heterocycles. The van der Waals surface area contributed by atoms with Crippen molar-refractivity contribution in [2.24, 2.45) is 0 Å². The smallest absolute Gasteiger partial charge is 0.261 e. The first-order chi connectivity index (χ1) is 8.68. The molecule has 2 atom stereocenters. The van der Waals surface area contributed by atoms with Gasteiger partial charge in [-0.25, -0.2) is 0 Å². The molecule has 0 N–H and O–H groups in total. The van der Waals surface area contributed by atoms with E-state index in [9.17, 15) is 9.59 Å². The summed E-state index contributed by atoms with van der Waals surface area (Å²) in [5.74, 6) is -0.304. The zero-order valence-electron chi connectivity index (χ0n) is 10.0. The minimum atomic E-state index is -0.152. The van der Waals surface area contributed by atoms with Gasteiger partial charge < -0.3 is 0 Å². The Hall–Kier alpha value is -1.25. The number of rotatable bonds is 2. The fourth-order valence-electron chi connectivity index (χ4n) is 2.67. The number of fused-ring (bicyclic) bond motifs is 1. The Morgan fingerprint density at radius 1 is 1.17 bits per heavy atom. The third-order valence-corrected chi connectivity index (χ3v) is 4.37. The maximum atomic E-state index is 12.2. The van der Waals surface area contributed by atoms with Crippen LogP contribution in [0, 0.1) is 0 Å². The van der Waals surface area contributed by atoms with Crippen LogP contribution in [0.2, 0.25) is 0 Å². The van der Waals surface area contributed by atoms with E-state index in [4.69, 9.17) is 0 Å². The SMILES string of the molecule is O=C1c2ccccc2C(=O)N1C[C@@H]1CCCN1P. The number of hydrogen-bond donors (Lipinski definition) is 0. The van der Waals surface area contributed by atoms with Gasteiger partial charge in [0.15, 0.2) is 0 Å². The van der Waals surface area contributed by atoms with E-state index in [1.165, 1.54) is 4.90 Å². The highest BCUT2D eigenvalue weighted by Gasteiger charge is 2.37. The van der Waals surface area contributed by atoms with Crippen LogP contribution in [0.4, 0.5) is 0 Å². The number of carbonyl (C=O) groups is 2. The first-order valence-corrected chi connectivity index (χ1v) is 6.66. The lowest BCUT2D eigenvalue weighted by atomic mass is 10.1. The van der Waals surface area contributed by atoms with Crippen LogP contribution in [0.15, 0.2) is 24.3 Å². The molecule has 94 valence electrons. The Balaban J connectivity index is 1.84. The second-order valence-corrected chi connectivity index (χ2v) is 5.46. The van der Waals surface area contributed by atoms with Gasteiger partial charge in [-0.15, -0.1) is 0 Å². The van der Waals surface area contributed by atoms with Crippen LogP contribution in [0.5, 0.6) is 0 Å². The van der Waals surface area contributed by atoms with Crippen LogP contribution in [0.3, 0.4) is 0 Å². The first-order valence-electron chi connectivity index (χ1n) is 6.15. The number of carbonyl (C=O) groups excluding carboxylic acids is 2. The zero-order chi connectivity index (χ0) is 12.7. The standard InChI is InChI=1S/C13H15N2O2P/c16-12-10-5-1-2-6-11(10)13(17)14(12)8-9-4-3-7-15(9)18/h1-2,5-6,9H,3-4,7-8,18H2/t9-/m0/s1. The van der Waals surface area contributed by atoms with E-state index in [0.717, 1.165) is 19.4 Å². The summed E-state index contributed by atoms with van der Waals surface area (Å²) >= 11 is 0. The number of imide groups is 1. The zero-order valence-corrected chi connectivity index (χ0v) is 11.2. The summed E-state index contributed by atoms with van der Waals surface area (Å²) in [6.07, 6.45) is 2.16. The average molecular weight is 262 g/mol. The molecule has 1 aromatic rings. The first kappa shape index (κ1) is 11.8. The Labute approximate surface area is 108 Å². The average Bonchev–Trinajstić information content (AvgIpc) is 2.89. The van der Waals surface area contributed by atoms with Crippen LogP contribution >= 0.6 is 9.39 Å². The minimum absolute atomic E-state index is 0.152. The minimum Gasteiger partial charge on any atom is -0.283 e.